The monoisotopic (exact) mass is 344 g/mol. The maximum atomic E-state index is 12.1. The minimum absolute atomic E-state index is 0.462. The predicted octanol–water partition coefficient (Wildman–Crippen LogP) is 4.67. The molecule has 0 saturated carbocycles. The average Bonchev–Trinajstić information content (AvgIpc) is 3.18. The average molecular weight is 344 g/mol. The molecule has 0 aliphatic rings. The number of hydrogen-bond donors (Lipinski definition) is 1. The van der Waals surface area contributed by atoms with E-state index in [2.05, 4.69) is 15.4 Å². The van der Waals surface area contributed by atoms with Crippen LogP contribution in [-0.2, 0) is 4.74 Å². The Balaban J connectivity index is 0.00000109. The Kier molecular flexibility index (Phi) is 5.46. The van der Waals surface area contributed by atoms with Crippen molar-refractivity contribution in [2.45, 2.75) is 47.1 Å². The van der Waals surface area contributed by atoms with Gasteiger partial charge in [0.25, 0.3) is 0 Å². The number of nitrogens with zero attached hydrogens (tertiary/aromatic N) is 3. The van der Waals surface area contributed by atoms with Crippen LogP contribution in [0.25, 0.3) is 17.1 Å². The van der Waals surface area contributed by atoms with Gasteiger partial charge in [-0.1, -0.05) is 13.8 Å². The molecule has 3 aromatic heterocycles. The van der Waals surface area contributed by atoms with Crippen molar-refractivity contribution in [2.24, 2.45) is 0 Å². The quantitative estimate of drug-likeness (QED) is 0.730. The van der Waals surface area contributed by atoms with E-state index in [4.69, 9.17) is 9.15 Å². The molecule has 0 spiro atoms. The van der Waals surface area contributed by atoms with Gasteiger partial charge in [0.2, 0.25) is 0 Å². The van der Waals surface area contributed by atoms with E-state index in [0.717, 1.165) is 5.56 Å². The molecule has 7 heteroatoms. The second-order valence-corrected chi connectivity index (χ2v) is 6.19. The second kappa shape index (κ2) is 7.38. The molecule has 0 aliphatic heterocycles. The topological polar surface area (TPSA) is 81.7 Å². The van der Waals surface area contributed by atoms with Crippen LogP contribution in [0.15, 0.2) is 35.1 Å². The van der Waals surface area contributed by atoms with Gasteiger partial charge in [0.05, 0.1) is 12.5 Å². The van der Waals surface area contributed by atoms with E-state index in [1.54, 1.807) is 49.9 Å². The molecule has 25 heavy (non-hydrogen) atoms. The number of hydrogen-bond acceptors (Lipinski definition) is 5. The molecule has 0 saturated heterocycles. The molecule has 1 amide bonds. The number of aryl methyl sites for hydroxylation is 1. The van der Waals surface area contributed by atoms with Crippen LogP contribution in [0, 0.1) is 6.92 Å². The molecule has 1 N–H and O–H groups in total. The number of nitrogens with one attached hydrogen (secondary N) is 1. The fourth-order valence-electron chi connectivity index (χ4n) is 2.12. The normalized spacial score (nSPS) is 11.0. The summed E-state index contributed by atoms with van der Waals surface area (Å²) in [4.78, 5) is 16.6. The highest BCUT2D eigenvalue weighted by Gasteiger charge is 2.19. The highest BCUT2D eigenvalue weighted by molar-refractivity contribution is 5.85. The Hall–Kier alpha value is -2.83. The number of ether oxygens (including phenoxy) is 1. The molecule has 3 heterocycles. The predicted molar refractivity (Wildman–Crippen MR) is 96.6 cm³/mol. The highest BCUT2D eigenvalue weighted by atomic mass is 16.6. The number of anilines is 1. The maximum Gasteiger partial charge on any atom is 0.413 e. The summed E-state index contributed by atoms with van der Waals surface area (Å²) in [7, 11) is 0. The number of rotatable bonds is 2. The molecule has 0 fully saturated rings. The van der Waals surface area contributed by atoms with Crippen molar-refractivity contribution in [3.05, 3.63) is 36.2 Å². The van der Waals surface area contributed by atoms with E-state index < -0.39 is 11.7 Å². The molecule has 0 unspecified atom stereocenters. The van der Waals surface area contributed by atoms with Gasteiger partial charge in [-0.25, -0.2) is 9.78 Å². The standard InChI is InChI=1S/C16H18N4O3.C2H6/c1-10-9-17-20-13(19-15(21)23-16(2,3)4)8-11(18-14(10)20)12-6-5-7-22-12;1-2/h5-9H,1-4H3,(H,19,21);1-2H3. The Morgan fingerprint density at radius 1 is 1.32 bits per heavy atom. The van der Waals surface area contributed by atoms with Crippen LogP contribution in [0.1, 0.15) is 40.2 Å². The van der Waals surface area contributed by atoms with Crippen LogP contribution in [-0.4, -0.2) is 26.3 Å². The number of carbonyl (C=O) groups excluding carboxylic acids is 1. The number of amides is 1. The summed E-state index contributed by atoms with van der Waals surface area (Å²) in [5.74, 6) is 1.07. The first-order chi connectivity index (χ1) is 11.8. The Labute approximate surface area is 147 Å². The van der Waals surface area contributed by atoms with Crippen molar-refractivity contribution in [3.63, 3.8) is 0 Å². The van der Waals surface area contributed by atoms with Crippen molar-refractivity contribution in [1.82, 2.24) is 14.6 Å². The molecule has 3 rings (SSSR count). The van der Waals surface area contributed by atoms with Crippen molar-refractivity contribution in [1.29, 1.82) is 0 Å². The second-order valence-electron chi connectivity index (χ2n) is 6.19. The molecule has 3 aromatic rings. The zero-order valence-electron chi connectivity index (χ0n) is 15.5. The van der Waals surface area contributed by atoms with Gasteiger partial charge in [-0.3, -0.25) is 5.32 Å². The molecule has 0 atom stereocenters. The van der Waals surface area contributed by atoms with Crippen LogP contribution in [0.2, 0.25) is 0 Å². The van der Waals surface area contributed by atoms with Crippen molar-refractivity contribution in [2.75, 3.05) is 5.32 Å². The van der Waals surface area contributed by atoms with E-state index in [0.29, 0.717) is 22.9 Å². The molecule has 7 nitrogen and oxygen atoms in total. The zero-order valence-corrected chi connectivity index (χ0v) is 15.5. The molecule has 0 radical (unpaired) electrons. The smallest absolute Gasteiger partial charge is 0.413 e. The van der Waals surface area contributed by atoms with Gasteiger partial charge in [-0.05, 0) is 39.8 Å². The first-order valence-electron chi connectivity index (χ1n) is 8.23. The fourth-order valence-corrected chi connectivity index (χ4v) is 2.12. The summed E-state index contributed by atoms with van der Waals surface area (Å²) >= 11 is 0. The third-order valence-electron chi connectivity index (χ3n) is 3.05. The van der Waals surface area contributed by atoms with Crippen LogP contribution in [0.5, 0.6) is 0 Å². The summed E-state index contributed by atoms with van der Waals surface area (Å²) in [5, 5.41) is 6.96. The van der Waals surface area contributed by atoms with Crippen molar-refractivity contribution in [3.8, 4) is 11.5 Å². The lowest BCUT2D eigenvalue weighted by Gasteiger charge is -2.20. The van der Waals surface area contributed by atoms with E-state index in [1.807, 2.05) is 26.8 Å². The summed E-state index contributed by atoms with van der Waals surface area (Å²) in [6, 6.07) is 5.29. The Morgan fingerprint density at radius 2 is 2.04 bits per heavy atom. The third-order valence-corrected chi connectivity index (χ3v) is 3.05. The van der Waals surface area contributed by atoms with Gasteiger partial charge in [-0.15, -0.1) is 0 Å². The summed E-state index contributed by atoms with van der Waals surface area (Å²) in [6.07, 6.45) is 2.71. The molecule has 0 aliphatic carbocycles. The van der Waals surface area contributed by atoms with Crippen LogP contribution >= 0.6 is 0 Å². The SMILES string of the molecule is CC.Cc1cnn2c(NC(=O)OC(C)(C)C)cc(-c3ccco3)nc12. The Bertz CT molecular complexity index is 845. The van der Waals surface area contributed by atoms with Crippen molar-refractivity contribution >= 4 is 17.6 Å². The van der Waals surface area contributed by atoms with Gasteiger partial charge >= 0.3 is 6.09 Å². The van der Waals surface area contributed by atoms with Gasteiger partial charge in [-0.2, -0.15) is 9.61 Å². The minimum atomic E-state index is -0.583. The van der Waals surface area contributed by atoms with Gasteiger partial charge < -0.3 is 9.15 Å². The van der Waals surface area contributed by atoms with Crippen LogP contribution in [0.4, 0.5) is 10.6 Å². The number of furan rings is 1. The van der Waals surface area contributed by atoms with Gasteiger partial charge in [0.15, 0.2) is 11.4 Å². The van der Waals surface area contributed by atoms with Crippen LogP contribution in [0.3, 0.4) is 0 Å². The highest BCUT2D eigenvalue weighted by Crippen LogP contribution is 2.24. The first-order valence-corrected chi connectivity index (χ1v) is 8.23. The largest absolute Gasteiger partial charge is 0.463 e. The van der Waals surface area contributed by atoms with Gasteiger partial charge in [0, 0.05) is 11.6 Å². The summed E-state index contributed by atoms with van der Waals surface area (Å²) in [6.45, 7) is 11.3. The van der Waals surface area contributed by atoms with Crippen LogP contribution < -0.4 is 5.32 Å². The zero-order chi connectivity index (χ0) is 18.6. The molecule has 0 bridgehead atoms. The molecule has 134 valence electrons. The number of carbonyl (C=O) groups is 1. The molecular weight excluding hydrogens is 320 g/mol. The lowest BCUT2D eigenvalue weighted by Crippen LogP contribution is -2.28. The van der Waals surface area contributed by atoms with Gasteiger partial charge in [0.1, 0.15) is 17.1 Å². The molecule has 0 aromatic carbocycles. The third kappa shape index (κ3) is 4.37. The fraction of sp³-hybridized carbons (Fsp3) is 0.389. The number of aromatic nitrogens is 3. The van der Waals surface area contributed by atoms with E-state index >= 15 is 0 Å². The first kappa shape index (κ1) is 18.5. The van der Waals surface area contributed by atoms with Crippen molar-refractivity contribution < 1.29 is 13.9 Å². The lowest BCUT2D eigenvalue weighted by molar-refractivity contribution is 0.0635. The van der Waals surface area contributed by atoms with E-state index in [-0.39, 0.29) is 0 Å². The lowest BCUT2D eigenvalue weighted by atomic mass is 10.2. The van der Waals surface area contributed by atoms with E-state index in [1.165, 1.54) is 0 Å². The number of fused-ring (bicyclic) bond motifs is 1. The summed E-state index contributed by atoms with van der Waals surface area (Å²) in [5.41, 5.74) is 1.56. The Morgan fingerprint density at radius 3 is 2.64 bits per heavy atom. The van der Waals surface area contributed by atoms with E-state index in [9.17, 15) is 4.79 Å². The molecular formula is C18H24N4O3. The minimum Gasteiger partial charge on any atom is -0.463 e. The maximum absolute atomic E-state index is 12.1. The summed E-state index contributed by atoms with van der Waals surface area (Å²) < 4.78 is 12.2.